The second-order valence-electron chi connectivity index (χ2n) is 8.41. The smallest absolute Gasteiger partial charge is 0.254 e. The monoisotopic (exact) mass is 424 g/mol. The Morgan fingerprint density at radius 1 is 1.03 bits per heavy atom. The first kappa shape index (κ1) is 22.7. The van der Waals surface area contributed by atoms with Crippen LogP contribution >= 0.6 is 0 Å². The van der Waals surface area contributed by atoms with Gasteiger partial charge in [0.15, 0.2) is 0 Å². The van der Waals surface area contributed by atoms with E-state index >= 15 is 0 Å². The molecule has 6 heteroatoms. The Morgan fingerprint density at radius 2 is 1.71 bits per heavy atom. The highest BCUT2D eigenvalue weighted by atomic mass is 16.5. The van der Waals surface area contributed by atoms with Gasteiger partial charge in [0.25, 0.3) is 5.91 Å². The van der Waals surface area contributed by atoms with E-state index in [2.05, 4.69) is 19.2 Å². The van der Waals surface area contributed by atoms with Crippen LogP contribution in [-0.4, -0.2) is 50.6 Å². The number of benzene rings is 2. The van der Waals surface area contributed by atoms with Gasteiger partial charge in [0.1, 0.15) is 11.5 Å². The predicted molar refractivity (Wildman–Crippen MR) is 121 cm³/mol. The molecule has 1 fully saturated rings. The van der Waals surface area contributed by atoms with Crippen molar-refractivity contribution in [1.82, 2.24) is 10.2 Å². The van der Waals surface area contributed by atoms with E-state index in [9.17, 15) is 9.59 Å². The predicted octanol–water partition coefficient (Wildman–Crippen LogP) is 3.72. The quantitative estimate of drug-likeness (QED) is 0.701. The molecule has 1 N–H and O–H groups in total. The molecule has 2 aromatic carbocycles. The summed E-state index contributed by atoms with van der Waals surface area (Å²) in [5, 5.41) is 3.07. The third-order valence-corrected chi connectivity index (χ3v) is 5.80. The van der Waals surface area contributed by atoms with Gasteiger partial charge in [-0.05, 0) is 48.2 Å². The van der Waals surface area contributed by atoms with E-state index in [1.165, 1.54) is 0 Å². The van der Waals surface area contributed by atoms with Gasteiger partial charge in [0.2, 0.25) is 5.91 Å². The van der Waals surface area contributed by atoms with Gasteiger partial charge in [-0.2, -0.15) is 0 Å². The zero-order chi connectivity index (χ0) is 22.4. The van der Waals surface area contributed by atoms with Crippen LogP contribution < -0.4 is 14.8 Å². The Kier molecular flexibility index (Phi) is 7.55. The van der Waals surface area contributed by atoms with Crippen LogP contribution in [0.3, 0.4) is 0 Å². The minimum absolute atomic E-state index is 0.00517. The zero-order valence-electron chi connectivity index (χ0n) is 18.8. The number of amides is 2. The summed E-state index contributed by atoms with van der Waals surface area (Å²) >= 11 is 0. The van der Waals surface area contributed by atoms with Crippen LogP contribution in [0.4, 0.5) is 0 Å². The summed E-state index contributed by atoms with van der Waals surface area (Å²) in [6, 6.07) is 14.9. The maximum absolute atomic E-state index is 13.2. The molecule has 0 radical (unpaired) electrons. The summed E-state index contributed by atoms with van der Waals surface area (Å²) in [7, 11) is 3.21. The third-order valence-electron chi connectivity index (χ3n) is 5.80. The lowest BCUT2D eigenvalue weighted by Gasteiger charge is -2.19. The zero-order valence-corrected chi connectivity index (χ0v) is 18.8. The van der Waals surface area contributed by atoms with Crippen molar-refractivity contribution in [1.29, 1.82) is 0 Å². The van der Waals surface area contributed by atoms with Gasteiger partial charge in [-0.25, -0.2) is 0 Å². The molecule has 1 heterocycles. The maximum Gasteiger partial charge on any atom is 0.254 e. The van der Waals surface area contributed by atoms with Crippen LogP contribution in [0.5, 0.6) is 11.5 Å². The number of nitrogens with zero attached hydrogens (tertiary/aromatic N) is 1. The van der Waals surface area contributed by atoms with Gasteiger partial charge in [-0.15, -0.1) is 0 Å². The van der Waals surface area contributed by atoms with Gasteiger partial charge in [0.05, 0.1) is 20.1 Å². The molecule has 0 bridgehead atoms. The summed E-state index contributed by atoms with van der Waals surface area (Å²) in [6.07, 6.45) is 0.925. The van der Waals surface area contributed by atoms with E-state index in [0.717, 1.165) is 17.7 Å². The molecular formula is C25H32N2O4. The largest absolute Gasteiger partial charge is 0.497 e. The molecule has 0 unspecified atom stereocenters. The Labute approximate surface area is 184 Å². The number of rotatable bonds is 8. The van der Waals surface area contributed by atoms with E-state index in [1.807, 2.05) is 30.3 Å². The van der Waals surface area contributed by atoms with Crippen molar-refractivity contribution >= 4 is 11.8 Å². The Hall–Kier alpha value is -3.02. The number of likely N-dealkylation sites (tertiary alicyclic amines) is 1. The first-order valence-corrected chi connectivity index (χ1v) is 10.8. The highest BCUT2D eigenvalue weighted by Gasteiger charge is 2.40. The molecule has 3 rings (SSSR count). The van der Waals surface area contributed by atoms with Crippen LogP contribution in [0.25, 0.3) is 0 Å². The standard InChI is InChI=1S/C25H32N2O4/c1-17(2)11-12-26-24(28)23-16-27(25(29)19-8-6-10-21(14-19)31-4)15-22(23)18-7-5-9-20(13-18)30-3/h5-10,13-14,17,22-23H,11-12,15-16H2,1-4H3,(H,26,28)/t22-,23+/m1/s1. The average molecular weight is 425 g/mol. The van der Waals surface area contributed by atoms with E-state index < -0.39 is 0 Å². The van der Waals surface area contributed by atoms with Gasteiger partial charge < -0.3 is 19.7 Å². The summed E-state index contributed by atoms with van der Waals surface area (Å²) in [6.45, 7) is 5.77. The number of hydrogen-bond donors (Lipinski definition) is 1. The van der Waals surface area contributed by atoms with Crippen LogP contribution in [0.1, 0.15) is 42.1 Å². The van der Waals surface area contributed by atoms with Gasteiger partial charge >= 0.3 is 0 Å². The molecule has 0 aliphatic carbocycles. The second-order valence-corrected chi connectivity index (χ2v) is 8.41. The van der Waals surface area contributed by atoms with E-state index in [1.54, 1.807) is 37.3 Å². The van der Waals surface area contributed by atoms with Crippen LogP contribution in [-0.2, 0) is 4.79 Å². The van der Waals surface area contributed by atoms with Crippen molar-refractivity contribution in [3.05, 3.63) is 59.7 Å². The van der Waals surface area contributed by atoms with Crippen molar-refractivity contribution < 1.29 is 19.1 Å². The van der Waals surface area contributed by atoms with E-state index in [0.29, 0.717) is 36.9 Å². The molecule has 2 aromatic rings. The highest BCUT2D eigenvalue weighted by molar-refractivity contribution is 5.95. The van der Waals surface area contributed by atoms with Crippen molar-refractivity contribution in [3.63, 3.8) is 0 Å². The first-order valence-electron chi connectivity index (χ1n) is 10.8. The Bertz CT molecular complexity index is 912. The minimum atomic E-state index is -0.311. The number of carbonyl (C=O) groups is 2. The van der Waals surface area contributed by atoms with E-state index in [-0.39, 0.29) is 23.7 Å². The summed E-state index contributed by atoms with van der Waals surface area (Å²) in [5.41, 5.74) is 1.56. The normalized spacial score (nSPS) is 18.2. The van der Waals surface area contributed by atoms with Gasteiger partial charge in [-0.1, -0.05) is 32.0 Å². The summed E-state index contributed by atoms with van der Waals surface area (Å²) < 4.78 is 10.6. The average Bonchev–Trinajstić information content (AvgIpc) is 3.24. The van der Waals surface area contributed by atoms with Gasteiger partial charge in [-0.3, -0.25) is 9.59 Å². The highest BCUT2D eigenvalue weighted by Crippen LogP contribution is 2.35. The maximum atomic E-state index is 13.2. The molecule has 1 saturated heterocycles. The van der Waals surface area contributed by atoms with Crippen molar-refractivity contribution in [3.8, 4) is 11.5 Å². The molecule has 0 spiro atoms. The second kappa shape index (κ2) is 10.3. The minimum Gasteiger partial charge on any atom is -0.497 e. The molecule has 31 heavy (non-hydrogen) atoms. The number of methoxy groups -OCH3 is 2. The summed E-state index contributed by atoms with van der Waals surface area (Å²) in [5.74, 6) is 1.40. The fourth-order valence-electron chi connectivity index (χ4n) is 4.00. The fraction of sp³-hybridized carbons (Fsp3) is 0.440. The molecule has 0 aromatic heterocycles. The molecule has 6 nitrogen and oxygen atoms in total. The van der Waals surface area contributed by atoms with Gasteiger partial charge in [0, 0.05) is 31.1 Å². The number of carbonyl (C=O) groups excluding carboxylic acids is 2. The van der Waals surface area contributed by atoms with Crippen molar-refractivity contribution in [2.24, 2.45) is 11.8 Å². The van der Waals surface area contributed by atoms with Crippen molar-refractivity contribution in [2.75, 3.05) is 33.9 Å². The molecule has 166 valence electrons. The number of nitrogens with one attached hydrogen (secondary N) is 1. The SMILES string of the molecule is COc1cccc(C(=O)N2C[C@H](C(=O)NCCC(C)C)[C@@H](c3cccc(OC)c3)C2)c1. The number of hydrogen-bond acceptors (Lipinski definition) is 4. The lowest BCUT2D eigenvalue weighted by Crippen LogP contribution is -2.36. The first-order chi connectivity index (χ1) is 14.9. The van der Waals surface area contributed by atoms with Crippen LogP contribution in [0.2, 0.25) is 0 Å². The lowest BCUT2D eigenvalue weighted by molar-refractivity contribution is -0.124. The van der Waals surface area contributed by atoms with Crippen molar-refractivity contribution in [2.45, 2.75) is 26.2 Å². The van der Waals surface area contributed by atoms with E-state index in [4.69, 9.17) is 9.47 Å². The molecule has 1 aliphatic heterocycles. The molecule has 0 saturated carbocycles. The van der Waals surface area contributed by atoms with Crippen LogP contribution in [0.15, 0.2) is 48.5 Å². The molecule has 1 aliphatic rings. The lowest BCUT2D eigenvalue weighted by atomic mass is 9.88. The molecular weight excluding hydrogens is 392 g/mol. The third kappa shape index (κ3) is 5.57. The molecule has 2 atom stereocenters. The Balaban J connectivity index is 1.83. The Morgan fingerprint density at radius 3 is 2.39 bits per heavy atom. The molecule has 2 amide bonds. The van der Waals surface area contributed by atoms with Crippen LogP contribution in [0, 0.1) is 11.8 Å². The topological polar surface area (TPSA) is 67.9 Å². The number of ether oxygens (including phenoxy) is 2. The summed E-state index contributed by atoms with van der Waals surface area (Å²) in [4.78, 5) is 28.0. The fourth-order valence-corrected chi connectivity index (χ4v) is 4.00.